The first-order valence-electron chi connectivity index (χ1n) is 43.6. The summed E-state index contributed by atoms with van der Waals surface area (Å²) in [5.41, 5.74) is 0. The minimum atomic E-state index is -4.96. The third-order valence-corrected chi connectivity index (χ3v) is 21.7. The van der Waals surface area contributed by atoms with E-state index in [1.807, 2.05) is 0 Å². The van der Waals surface area contributed by atoms with Crippen molar-refractivity contribution in [1.82, 2.24) is 0 Å². The summed E-state index contributed by atoms with van der Waals surface area (Å²) in [4.78, 5) is 73.1. The number of carbonyl (C=O) groups excluding carboxylic acids is 4. The number of aliphatic hydroxyl groups excluding tert-OH is 1. The minimum absolute atomic E-state index is 0.108. The molecule has 0 spiro atoms. The van der Waals surface area contributed by atoms with Crippen LogP contribution in [0.5, 0.6) is 0 Å². The van der Waals surface area contributed by atoms with Crippen LogP contribution in [-0.4, -0.2) is 96.7 Å². The molecule has 0 saturated heterocycles. The topological polar surface area (TPSA) is 237 Å². The van der Waals surface area contributed by atoms with Gasteiger partial charge in [0.1, 0.15) is 19.3 Å². The first-order chi connectivity index (χ1) is 50.0. The number of phosphoric ester groups is 2. The number of hydrogen-bond acceptors (Lipinski definition) is 15. The molecule has 5 atom stereocenters. The van der Waals surface area contributed by atoms with Crippen LogP contribution >= 0.6 is 15.6 Å². The smallest absolute Gasteiger partial charge is 0.462 e. The van der Waals surface area contributed by atoms with Crippen LogP contribution in [0.3, 0.4) is 0 Å². The molecule has 0 aromatic heterocycles. The number of phosphoric acid groups is 2. The van der Waals surface area contributed by atoms with Crippen LogP contribution in [0.1, 0.15) is 452 Å². The Morgan fingerprint density at radius 3 is 0.660 bits per heavy atom. The molecule has 612 valence electrons. The lowest BCUT2D eigenvalue weighted by atomic mass is 10.0. The van der Waals surface area contributed by atoms with Crippen molar-refractivity contribution in [3.8, 4) is 0 Å². The Labute approximate surface area is 632 Å². The molecule has 0 saturated carbocycles. The van der Waals surface area contributed by atoms with E-state index in [1.165, 1.54) is 270 Å². The lowest BCUT2D eigenvalue weighted by molar-refractivity contribution is -0.161. The number of rotatable bonds is 84. The summed E-state index contributed by atoms with van der Waals surface area (Å²) >= 11 is 0. The summed E-state index contributed by atoms with van der Waals surface area (Å²) in [6.07, 6.45) is 69.6. The van der Waals surface area contributed by atoms with Gasteiger partial charge >= 0.3 is 39.5 Å². The first kappa shape index (κ1) is 101. The van der Waals surface area contributed by atoms with Gasteiger partial charge in [-0.3, -0.25) is 37.3 Å². The van der Waals surface area contributed by atoms with Crippen LogP contribution in [0.4, 0.5) is 0 Å². The van der Waals surface area contributed by atoms with E-state index >= 15 is 0 Å². The van der Waals surface area contributed by atoms with Crippen molar-refractivity contribution in [2.75, 3.05) is 39.6 Å². The maximum atomic E-state index is 13.1. The van der Waals surface area contributed by atoms with E-state index in [1.54, 1.807) is 0 Å². The molecule has 0 fully saturated rings. The molecule has 0 amide bonds. The molecule has 0 aliphatic carbocycles. The molecule has 0 aromatic rings. The zero-order valence-corrected chi connectivity index (χ0v) is 69.3. The lowest BCUT2D eigenvalue weighted by Crippen LogP contribution is -2.30. The predicted molar refractivity (Wildman–Crippen MR) is 423 cm³/mol. The van der Waals surface area contributed by atoms with Gasteiger partial charge in [-0.2, -0.15) is 0 Å². The highest BCUT2D eigenvalue weighted by molar-refractivity contribution is 7.47. The highest BCUT2D eigenvalue weighted by Crippen LogP contribution is 2.45. The number of ether oxygens (including phenoxy) is 4. The van der Waals surface area contributed by atoms with Gasteiger partial charge in [-0.15, -0.1) is 0 Å². The summed E-state index contributed by atoms with van der Waals surface area (Å²) in [5.74, 6) is -1.40. The molecule has 0 rings (SSSR count). The van der Waals surface area contributed by atoms with Crippen LogP contribution in [0, 0.1) is 5.92 Å². The third-order valence-electron chi connectivity index (χ3n) is 19.8. The number of unbranched alkanes of at least 4 members (excludes halogenated alkanes) is 56. The van der Waals surface area contributed by atoms with Crippen LogP contribution in [0.25, 0.3) is 0 Å². The minimum Gasteiger partial charge on any atom is -0.462 e. The van der Waals surface area contributed by atoms with E-state index < -0.39 is 97.5 Å². The summed E-state index contributed by atoms with van der Waals surface area (Å²) in [6.45, 7) is 7.30. The summed E-state index contributed by atoms with van der Waals surface area (Å²) < 4.78 is 68.8. The van der Waals surface area contributed by atoms with Gasteiger partial charge in [0.05, 0.1) is 26.4 Å². The van der Waals surface area contributed by atoms with Crippen LogP contribution in [-0.2, 0) is 65.4 Å². The van der Waals surface area contributed by atoms with Gasteiger partial charge in [-0.1, -0.05) is 401 Å². The maximum Gasteiger partial charge on any atom is 0.472 e. The van der Waals surface area contributed by atoms with E-state index in [-0.39, 0.29) is 25.7 Å². The largest absolute Gasteiger partial charge is 0.472 e. The zero-order chi connectivity index (χ0) is 75.5. The van der Waals surface area contributed by atoms with Gasteiger partial charge < -0.3 is 33.8 Å². The van der Waals surface area contributed by atoms with Gasteiger partial charge in [-0.05, 0) is 31.6 Å². The number of hydrogen-bond donors (Lipinski definition) is 3. The highest BCUT2D eigenvalue weighted by Gasteiger charge is 2.30. The SMILES string of the molecule is CCCCCCCCCCCCCCCCCCCCCCCCC(=O)O[C@H](COC(=O)CCCCCCCCCCCCCCCCCC)COP(=O)(O)OC[C@@H](O)COP(=O)(O)OC[C@@H](COC(=O)CCCCCCCCCC(C)C)OC(=O)CCCCCCCCCCCCCCCCC. The molecule has 19 heteroatoms. The maximum absolute atomic E-state index is 13.1. The summed E-state index contributed by atoms with van der Waals surface area (Å²) in [7, 11) is -9.92. The third kappa shape index (κ3) is 78.0. The second-order valence-corrected chi connectivity index (χ2v) is 33.6. The summed E-state index contributed by atoms with van der Waals surface area (Å²) in [5, 5.41) is 10.7. The van der Waals surface area contributed by atoms with Crippen molar-refractivity contribution in [2.24, 2.45) is 5.92 Å². The van der Waals surface area contributed by atoms with Gasteiger partial charge in [0, 0.05) is 25.7 Å². The molecule has 0 aliphatic heterocycles. The highest BCUT2D eigenvalue weighted by atomic mass is 31.2. The average Bonchev–Trinajstić information content (AvgIpc) is 0.915. The van der Waals surface area contributed by atoms with Crippen LogP contribution < -0.4 is 0 Å². The van der Waals surface area contributed by atoms with E-state index in [0.29, 0.717) is 31.6 Å². The quantitative estimate of drug-likeness (QED) is 0.0222. The Bertz CT molecular complexity index is 1960. The molecule has 0 bridgehead atoms. The Hall–Kier alpha value is -1.94. The van der Waals surface area contributed by atoms with Gasteiger partial charge in [0.15, 0.2) is 12.2 Å². The number of aliphatic hydroxyl groups is 1. The van der Waals surface area contributed by atoms with Crippen molar-refractivity contribution in [2.45, 2.75) is 470 Å². The molecular weight excluding hydrogens is 1340 g/mol. The van der Waals surface area contributed by atoms with Gasteiger partial charge in [-0.25, -0.2) is 9.13 Å². The number of esters is 4. The zero-order valence-electron chi connectivity index (χ0n) is 67.5. The fourth-order valence-electron chi connectivity index (χ4n) is 13.1. The second-order valence-electron chi connectivity index (χ2n) is 30.7. The van der Waals surface area contributed by atoms with Gasteiger partial charge in [0.2, 0.25) is 0 Å². The molecule has 3 N–H and O–H groups in total. The molecule has 103 heavy (non-hydrogen) atoms. The fourth-order valence-corrected chi connectivity index (χ4v) is 14.7. The predicted octanol–water partition coefficient (Wildman–Crippen LogP) is 25.6. The Balaban J connectivity index is 5.21. The molecule has 2 unspecified atom stereocenters. The van der Waals surface area contributed by atoms with Crippen molar-refractivity contribution < 1.29 is 80.2 Å². The van der Waals surface area contributed by atoms with E-state index in [0.717, 1.165) is 96.3 Å². The van der Waals surface area contributed by atoms with E-state index in [9.17, 15) is 43.2 Å². The van der Waals surface area contributed by atoms with Crippen molar-refractivity contribution >= 4 is 39.5 Å². The second kappa shape index (κ2) is 76.8. The van der Waals surface area contributed by atoms with Crippen molar-refractivity contribution in [3.05, 3.63) is 0 Å². The fraction of sp³-hybridized carbons (Fsp3) is 0.952. The average molecular weight is 1510 g/mol. The van der Waals surface area contributed by atoms with Gasteiger partial charge in [0.25, 0.3) is 0 Å². The molecule has 0 aliphatic rings. The van der Waals surface area contributed by atoms with Crippen LogP contribution in [0.2, 0.25) is 0 Å². The van der Waals surface area contributed by atoms with Crippen molar-refractivity contribution in [3.63, 3.8) is 0 Å². The summed E-state index contributed by atoms with van der Waals surface area (Å²) in [6, 6.07) is 0. The molecule has 0 heterocycles. The molecule has 0 radical (unpaired) electrons. The Kier molecular flexibility index (Phi) is 75.4. The standard InChI is InChI=1S/C84H164O17P2/c1-6-9-12-15-18-21-24-27-30-32-33-34-35-36-37-40-43-46-49-54-60-65-70-83(88)100-79(73-94-81(86)67-62-57-52-47-44-41-39-31-28-25-22-19-16-13-10-7-2)75-98-102(90,91)96-71-78(85)72-97-103(92,93)99-76-80(74-95-82(87)68-63-58-55-50-51-56-61-66-77(4)5)101-84(89)69-64-59-53-48-45-42-38-29-26-23-20-17-14-11-8-3/h77-80,85H,6-76H2,1-5H3,(H,90,91)(H,92,93)/t78-,79-,80-/m1/s1. The monoisotopic (exact) mass is 1510 g/mol. The lowest BCUT2D eigenvalue weighted by Gasteiger charge is -2.21. The Morgan fingerprint density at radius 2 is 0.447 bits per heavy atom. The van der Waals surface area contributed by atoms with Crippen LogP contribution in [0.15, 0.2) is 0 Å². The Morgan fingerprint density at radius 1 is 0.262 bits per heavy atom. The number of carbonyl (C=O) groups is 4. The molecule has 0 aromatic carbocycles. The normalized spacial score (nSPS) is 13.8. The first-order valence-corrected chi connectivity index (χ1v) is 46.6. The van der Waals surface area contributed by atoms with E-state index in [4.69, 9.17) is 37.0 Å². The van der Waals surface area contributed by atoms with Crippen molar-refractivity contribution in [1.29, 1.82) is 0 Å². The molecular formula is C84H164O17P2. The van der Waals surface area contributed by atoms with E-state index in [2.05, 4.69) is 34.6 Å². The molecule has 17 nitrogen and oxygen atoms in total.